The van der Waals surface area contributed by atoms with E-state index in [0.717, 1.165) is 0 Å². The molecule has 0 radical (unpaired) electrons. The third-order valence-corrected chi connectivity index (χ3v) is 8.83. The van der Waals surface area contributed by atoms with Gasteiger partial charge in [-0.2, -0.15) is 25.3 Å². The Hall–Kier alpha value is -4.56. The zero-order valence-corrected chi connectivity index (χ0v) is 30.9. The molecule has 1 aromatic rings. The molecule has 288 valence electrons. The first kappa shape index (κ1) is 43.6. The number of hydrogen-bond acceptors (Lipinski definition) is 11. The van der Waals surface area contributed by atoms with E-state index >= 15 is 0 Å². The number of carbonyl (C=O) groups is 7. The number of thiol groups is 2. The second-order valence-electron chi connectivity index (χ2n) is 12.3. The fourth-order valence-corrected chi connectivity index (χ4v) is 5.93. The summed E-state index contributed by atoms with van der Waals surface area (Å²) >= 11 is 8.41. The first-order chi connectivity index (χ1) is 24.6. The lowest BCUT2D eigenvalue weighted by atomic mass is 10.0. The molecule has 0 saturated carbocycles. The van der Waals surface area contributed by atoms with Crippen molar-refractivity contribution in [2.24, 2.45) is 22.2 Å². The molecule has 2 rings (SSSR count). The van der Waals surface area contributed by atoms with Crippen LogP contribution in [0.2, 0.25) is 0 Å². The van der Waals surface area contributed by atoms with Crippen LogP contribution in [0.3, 0.4) is 0 Å². The number of likely N-dealkylation sites (tertiary alicyclic amines) is 1. The monoisotopic (exact) mass is 766 g/mol. The van der Waals surface area contributed by atoms with Crippen LogP contribution in [0.25, 0.3) is 0 Å². The SMILES string of the molecule is CC(=O)NC(C(=O)NC(CS)C(=O)N1CCCC1C(=O)NC(Cc1ccccc1)C(=O)NC(CS)C(=O)NC(CCCN=C(N)N)C(N)=O)C(C)O. The molecule has 1 saturated heterocycles. The second-order valence-corrected chi connectivity index (χ2v) is 13.0. The summed E-state index contributed by atoms with van der Waals surface area (Å²) in [7, 11) is 0. The number of aliphatic imine (C=N–C) groups is 1. The molecule has 1 aromatic carbocycles. The average molecular weight is 767 g/mol. The Morgan fingerprint density at radius 2 is 1.46 bits per heavy atom. The maximum Gasteiger partial charge on any atom is 0.246 e. The number of primary amides is 1. The van der Waals surface area contributed by atoms with Crippen LogP contribution in [0, 0.1) is 0 Å². The zero-order valence-electron chi connectivity index (χ0n) is 29.1. The lowest BCUT2D eigenvalue weighted by Gasteiger charge is -2.30. The van der Waals surface area contributed by atoms with E-state index in [-0.39, 0.29) is 49.8 Å². The molecule has 7 amide bonds. The van der Waals surface area contributed by atoms with Gasteiger partial charge in [0.2, 0.25) is 41.4 Å². The van der Waals surface area contributed by atoms with Gasteiger partial charge in [0, 0.05) is 37.9 Å². The minimum absolute atomic E-state index is 0.0217. The number of carbonyl (C=O) groups excluding carboxylic acids is 7. The number of hydrogen-bond donors (Lipinski definition) is 11. The molecule has 0 spiro atoms. The van der Waals surface area contributed by atoms with Crippen molar-refractivity contribution in [3.05, 3.63) is 35.9 Å². The third-order valence-electron chi connectivity index (χ3n) is 8.10. The Morgan fingerprint density at radius 3 is 2.02 bits per heavy atom. The smallest absolute Gasteiger partial charge is 0.246 e. The molecular formula is C32H50N10O8S2. The topological polar surface area (TPSA) is 294 Å². The van der Waals surface area contributed by atoms with E-state index in [1.165, 1.54) is 18.7 Å². The molecule has 7 atom stereocenters. The van der Waals surface area contributed by atoms with E-state index < -0.39 is 83.7 Å². The first-order valence-corrected chi connectivity index (χ1v) is 17.9. The number of nitrogens with one attached hydrogen (secondary N) is 5. The van der Waals surface area contributed by atoms with Crippen molar-refractivity contribution in [1.29, 1.82) is 0 Å². The number of amides is 7. The lowest BCUT2D eigenvalue weighted by Crippen LogP contribution is -2.60. The van der Waals surface area contributed by atoms with E-state index in [0.29, 0.717) is 18.4 Å². The molecule has 0 bridgehead atoms. The molecule has 12 N–H and O–H groups in total. The minimum atomic E-state index is -1.33. The summed E-state index contributed by atoms with van der Waals surface area (Å²) < 4.78 is 0. The fraction of sp³-hybridized carbons (Fsp3) is 0.562. The van der Waals surface area contributed by atoms with Gasteiger partial charge in [-0.1, -0.05) is 30.3 Å². The van der Waals surface area contributed by atoms with E-state index in [9.17, 15) is 38.7 Å². The number of nitrogens with two attached hydrogens (primary N) is 3. The van der Waals surface area contributed by atoms with Crippen molar-refractivity contribution in [3.8, 4) is 0 Å². The molecule has 1 aliphatic rings. The number of guanidine groups is 1. The van der Waals surface area contributed by atoms with Crippen LogP contribution in [0.5, 0.6) is 0 Å². The van der Waals surface area contributed by atoms with Gasteiger partial charge < -0.3 is 53.8 Å². The summed E-state index contributed by atoms with van der Waals surface area (Å²) in [5, 5.41) is 22.6. The van der Waals surface area contributed by atoms with E-state index in [1.807, 2.05) is 0 Å². The summed E-state index contributed by atoms with van der Waals surface area (Å²) in [6.45, 7) is 2.86. The van der Waals surface area contributed by atoms with Crippen LogP contribution < -0.4 is 43.8 Å². The number of benzene rings is 1. The molecule has 0 aromatic heterocycles. The van der Waals surface area contributed by atoms with Gasteiger partial charge in [-0.05, 0) is 38.2 Å². The summed E-state index contributed by atoms with van der Waals surface area (Å²) in [5.41, 5.74) is 16.8. The lowest BCUT2D eigenvalue weighted by molar-refractivity contribution is -0.142. The third kappa shape index (κ3) is 13.9. The molecule has 1 aliphatic heterocycles. The van der Waals surface area contributed by atoms with Crippen molar-refractivity contribution in [2.45, 2.75) is 88.3 Å². The highest BCUT2D eigenvalue weighted by atomic mass is 32.1. The highest BCUT2D eigenvalue weighted by Gasteiger charge is 2.40. The first-order valence-electron chi connectivity index (χ1n) is 16.7. The summed E-state index contributed by atoms with van der Waals surface area (Å²) in [6.07, 6.45) is -0.0835. The fourth-order valence-electron chi connectivity index (χ4n) is 5.43. The normalized spacial score (nSPS) is 17.2. The second kappa shape index (κ2) is 21.7. The van der Waals surface area contributed by atoms with Gasteiger partial charge >= 0.3 is 0 Å². The van der Waals surface area contributed by atoms with Gasteiger partial charge in [0.1, 0.15) is 36.3 Å². The Kier molecular flexibility index (Phi) is 18.2. The van der Waals surface area contributed by atoms with Gasteiger partial charge in [-0.3, -0.25) is 38.6 Å². The Balaban J connectivity index is 2.22. The zero-order chi connectivity index (χ0) is 39.0. The average Bonchev–Trinajstić information content (AvgIpc) is 3.59. The van der Waals surface area contributed by atoms with Crippen molar-refractivity contribution in [1.82, 2.24) is 31.5 Å². The minimum Gasteiger partial charge on any atom is -0.391 e. The number of nitrogens with zero attached hydrogens (tertiary/aromatic N) is 2. The van der Waals surface area contributed by atoms with E-state index in [1.54, 1.807) is 30.3 Å². The van der Waals surface area contributed by atoms with Crippen LogP contribution in [-0.2, 0) is 40.0 Å². The van der Waals surface area contributed by atoms with Crippen LogP contribution in [0.15, 0.2) is 35.3 Å². The van der Waals surface area contributed by atoms with Crippen LogP contribution in [0.1, 0.15) is 45.1 Å². The maximum atomic E-state index is 13.8. The maximum absolute atomic E-state index is 13.8. The molecule has 1 fully saturated rings. The molecule has 52 heavy (non-hydrogen) atoms. The molecular weight excluding hydrogens is 717 g/mol. The molecule has 7 unspecified atom stereocenters. The van der Waals surface area contributed by atoms with Crippen molar-refractivity contribution < 1.29 is 38.7 Å². The predicted molar refractivity (Wildman–Crippen MR) is 199 cm³/mol. The standard InChI is InChI=1S/C32H50N10O8S2/c1-17(43)25(37-18(2)44)30(49)41-23(16-52)31(50)42-13-7-11-24(42)29(48)39-21(14-19-8-4-3-5-9-19)27(46)40-22(15-51)28(47)38-20(26(33)45)10-6-12-36-32(34)35/h3-5,8-9,17,20-25,43,51-52H,6-7,10-16H2,1-2H3,(H2,33,45)(H,37,44)(H,38,47)(H,39,48)(H,40,46)(H,41,49)(H4,34,35,36). The molecule has 0 aliphatic carbocycles. The van der Waals surface area contributed by atoms with E-state index in [2.05, 4.69) is 56.8 Å². The van der Waals surface area contributed by atoms with Crippen molar-refractivity contribution in [3.63, 3.8) is 0 Å². The van der Waals surface area contributed by atoms with Crippen LogP contribution in [0.4, 0.5) is 0 Å². The van der Waals surface area contributed by atoms with Gasteiger partial charge in [-0.15, -0.1) is 0 Å². The number of rotatable bonds is 20. The summed E-state index contributed by atoms with van der Waals surface area (Å²) in [4.78, 5) is 95.8. The molecule has 20 heteroatoms. The quantitative estimate of drug-likeness (QED) is 0.0269. The summed E-state index contributed by atoms with van der Waals surface area (Å²) in [6, 6.07) is 1.73. The predicted octanol–water partition coefficient (Wildman–Crippen LogP) is -3.56. The Bertz CT molecular complexity index is 1450. The van der Waals surface area contributed by atoms with Gasteiger partial charge in [0.25, 0.3) is 0 Å². The largest absolute Gasteiger partial charge is 0.391 e. The number of aliphatic hydroxyl groups excluding tert-OH is 1. The van der Waals surface area contributed by atoms with Crippen LogP contribution >= 0.6 is 25.3 Å². The Labute approximate surface area is 313 Å². The van der Waals surface area contributed by atoms with E-state index in [4.69, 9.17) is 17.2 Å². The van der Waals surface area contributed by atoms with Gasteiger partial charge in [0.05, 0.1) is 6.10 Å². The highest BCUT2D eigenvalue weighted by Crippen LogP contribution is 2.20. The molecule has 1 heterocycles. The highest BCUT2D eigenvalue weighted by molar-refractivity contribution is 7.80. The van der Waals surface area contributed by atoms with Crippen molar-refractivity contribution in [2.75, 3.05) is 24.6 Å². The van der Waals surface area contributed by atoms with Crippen molar-refractivity contribution >= 4 is 72.6 Å². The number of aliphatic hydroxyl groups is 1. The summed E-state index contributed by atoms with van der Waals surface area (Å²) in [5.74, 6) is -5.35. The van der Waals surface area contributed by atoms with Gasteiger partial charge in [-0.25, -0.2) is 0 Å². The van der Waals surface area contributed by atoms with Crippen LogP contribution in [-0.4, -0.2) is 124 Å². The molecule has 18 nitrogen and oxygen atoms in total. The van der Waals surface area contributed by atoms with Gasteiger partial charge in [0.15, 0.2) is 5.96 Å². The Morgan fingerprint density at radius 1 is 0.865 bits per heavy atom.